The second-order valence-corrected chi connectivity index (χ2v) is 5.54. The van der Waals surface area contributed by atoms with E-state index in [1.165, 1.54) is 32.4 Å². The van der Waals surface area contributed by atoms with Crippen LogP contribution in [-0.2, 0) is 0 Å². The molecule has 0 aliphatic carbocycles. The van der Waals surface area contributed by atoms with Gasteiger partial charge in [-0.25, -0.2) is 0 Å². The number of fused-ring (bicyclic) bond motifs is 1. The Labute approximate surface area is 112 Å². The van der Waals surface area contributed by atoms with Gasteiger partial charge in [-0.05, 0) is 44.4 Å². The first kappa shape index (κ1) is 12.4. The van der Waals surface area contributed by atoms with Crippen molar-refractivity contribution in [1.82, 2.24) is 4.90 Å². The summed E-state index contributed by atoms with van der Waals surface area (Å²) in [6.07, 6.45) is 3.73. The van der Waals surface area contributed by atoms with Crippen molar-refractivity contribution in [3.63, 3.8) is 0 Å². The number of benzene rings is 1. The van der Waals surface area contributed by atoms with Crippen LogP contribution in [0, 0.1) is 17.0 Å². The highest BCUT2D eigenvalue weighted by Crippen LogP contribution is 2.31. The largest absolute Gasteiger partial charge is 0.380 e. The van der Waals surface area contributed by atoms with Crippen molar-refractivity contribution in [3.05, 3.63) is 33.9 Å². The van der Waals surface area contributed by atoms with E-state index < -0.39 is 0 Å². The summed E-state index contributed by atoms with van der Waals surface area (Å²) in [6, 6.07) is 6.20. The Morgan fingerprint density at radius 2 is 2.21 bits per heavy atom. The molecule has 5 heteroatoms. The average Bonchev–Trinajstić information content (AvgIpc) is 2.96. The maximum atomic E-state index is 10.7. The fraction of sp³-hybridized carbons (Fsp3) is 0.571. The summed E-state index contributed by atoms with van der Waals surface area (Å²) in [7, 11) is 0. The molecular formula is C14H19N3O2. The van der Waals surface area contributed by atoms with E-state index in [1.807, 2.05) is 13.0 Å². The smallest absolute Gasteiger partial charge is 0.269 e. The molecule has 0 spiro atoms. The molecule has 2 atom stereocenters. The number of anilines is 1. The second-order valence-electron chi connectivity index (χ2n) is 5.54. The highest BCUT2D eigenvalue weighted by atomic mass is 16.6. The topological polar surface area (TPSA) is 58.4 Å². The van der Waals surface area contributed by atoms with E-state index in [1.54, 1.807) is 12.1 Å². The van der Waals surface area contributed by atoms with Crippen LogP contribution in [0.4, 0.5) is 11.4 Å². The molecule has 5 nitrogen and oxygen atoms in total. The molecule has 19 heavy (non-hydrogen) atoms. The molecule has 1 aromatic carbocycles. The summed E-state index contributed by atoms with van der Waals surface area (Å²) in [4.78, 5) is 12.9. The minimum atomic E-state index is -0.342. The quantitative estimate of drug-likeness (QED) is 0.671. The number of nitrogens with one attached hydrogen (secondary N) is 1. The van der Waals surface area contributed by atoms with E-state index >= 15 is 0 Å². The lowest BCUT2D eigenvalue weighted by Crippen LogP contribution is -2.33. The van der Waals surface area contributed by atoms with Crippen molar-refractivity contribution < 1.29 is 4.92 Å². The zero-order valence-electron chi connectivity index (χ0n) is 11.1. The van der Waals surface area contributed by atoms with Crippen molar-refractivity contribution in [1.29, 1.82) is 0 Å². The third-order valence-electron chi connectivity index (χ3n) is 4.37. The van der Waals surface area contributed by atoms with Crippen molar-refractivity contribution >= 4 is 11.4 Å². The molecule has 2 unspecified atom stereocenters. The molecule has 3 rings (SSSR count). The molecule has 1 aromatic rings. The van der Waals surface area contributed by atoms with Crippen molar-refractivity contribution in [2.75, 3.05) is 18.4 Å². The van der Waals surface area contributed by atoms with Gasteiger partial charge in [0.05, 0.1) is 4.92 Å². The summed E-state index contributed by atoms with van der Waals surface area (Å²) < 4.78 is 0. The van der Waals surface area contributed by atoms with Gasteiger partial charge in [-0.3, -0.25) is 15.0 Å². The standard InChI is InChI=1S/C14H19N3O2/c1-10-9-11(17(18)19)4-5-12(10)15-13-6-8-16-7-2-3-14(13)16/h4-5,9,13-15H,2-3,6-8H2,1H3. The van der Waals surface area contributed by atoms with E-state index in [4.69, 9.17) is 0 Å². The van der Waals surface area contributed by atoms with Crippen molar-refractivity contribution in [3.8, 4) is 0 Å². The normalized spacial score (nSPS) is 26.4. The molecule has 0 aromatic heterocycles. The molecule has 1 N–H and O–H groups in total. The highest BCUT2D eigenvalue weighted by molar-refractivity contribution is 5.56. The van der Waals surface area contributed by atoms with Crippen LogP contribution in [0.2, 0.25) is 0 Å². The Bertz CT molecular complexity index is 503. The Kier molecular flexibility index (Phi) is 3.14. The minimum Gasteiger partial charge on any atom is -0.380 e. The van der Waals surface area contributed by atoms with Crippen LogP contribution >= 0.6 is 0 Å². The molecule has 0 radical (unpaired) electrons. The van der Waals surface area contributed by atoms with Gasteiger partial charge >= 0.3 is 0 Å². The van der Waals surface area contributed by atoms with Gasteiger partial charge in [0.1, 0.15) is 0 Å². The summed E-state index contributed by atoms with van der Waals surface area (Å²) >= 11 is 0. The van der Waals surface area contributed by atoms with Crippen LogP contribution in [0.1, 0.15) is 24.8 Å². The van der Waals surface area contributed by atoms with Gasteiger partial charge in [0.25, 0.3) is 5.69 Å². The molecule has 2 aliphatic rings. The summed E-state index contributed by atoms with van der Waals surface area (Å²) in [5.74, 6) is 0. The molecule has 0 saturated carbocycles. The Morgan fingerprint density at radius 1 is 1.37 bits per heavy atom. The van der Waals surface area contributed by atoms with Gasteiger partial charge in [-0.2, -0.15) is 0 Å². The number of non-ortho nitro benzene ring substituents is 1. The van der Waals surface area contributed by atoms with Gasteiger partial charge in [-0.15, -0.1) is 0 Å². The van der Waals surface area contributed by atoms with Gasteiger partial charge in [0.15, 0.2) is 0 Å². The first-order valence-electron chi connectivity index (χ1n) is 6.91. The van der Waals surface area contributed by atoms with Crippen LogP contribution < -0.4 is 5.32 Å². The molecule has 2 aliphatic heterocycles. The van der Waals surface area contributed by atoms with E-state index in [-0.39, 0.29) is 10.6 Å². The van der Waals surface area contributed by atoms with Crippen LogP contribution in [0.25, 0.3) is 0 Å². The maximum Gasteiger partial charge on any atom is 0.269 e. The molecule has 2 saturated heterocycles. The Hall–Kier alpha value is -1.62. The Balaban J connectivity index is 1.75. The molecule has 0 bridgehead atoms. The molecule has 0 amide bonds. The van der Waals surface area contributed by atoms with E-state index in [0.29, 0.717) is 12.1 Å². The molecule has 2 fully saturated rings. The third kappa shape index (κ3) is 2.30. The maximum absolute atomic E-state index is 10.7. The van der Waals surface area contributed by atoms with E-state index in [0.717, 1.165) is 11.3 Å². The third-order valence-corrected chi connectivity index (χ3v) is 4.37. The predicted molar refractivity (Wildman–Crippen MR) is 74.5 cm³/mol. The number of rotatable bonds is 3. The van der Waals surface area contributed by atoms with Gasteiger partial charge < -0.3 is 5.32 Å². The second kappa shape index (κ2) is 4.81. The van der Waals surface area contributed by atoms with E-state index in [2.05, 4.69) is 10.2 Å². The Morgan fingerprint density at radius 3 is 2.95 bits per heavy atom. The average molecular weight is 261 g/mol. The van der Waals surface area contributed by atoms with Crippen LogP contribution in [-0.4, -0.2) is 35.0 Å². The minimum absolute atomic E-state index is 0.164. The summed E-state index contributed by atoms with van der Waals surface area (Å²) in [5.41, 5.74) is 2.15. The fourth-order valence-electron chi connectivity index (χ4n) is 3.37. The lowest BCUT2D eigenvalue weighted by Gasteiger charge is -2.23. The highest BCUT2D eigenvalue weighted by Gasteiger charge is 2.37. The fourth-order valence-corrected chi connectivity index (χ4v) is 3.37. The molecule has 2 heterocycles. The van der Waals surface area contributed by atoms with Crippen LogP contribution in [0.3, 0.4) is 0 Å². The van der Waals surface area contributed by atoms with Crippen molar-refractivity contribution in [2.24, 2.45) is 0 Å². The van der Waals surface area contributed by atoms with Gasteiger partial charge in [0, 0.05) is 36.4 Å². The lowest BCUT2D eigenvalue weighted by molar-refractivity contribution is -0.384. The predicted octanol–water partition coefficient (Wildman–Crippen LogP) is 2.55. The zero-order chi connectivity index (χ0) is 13.4. The number of nitro benzene ring substituents is 1. The first-order valence-corrected chi connectivity index (χ1v) is 6.91. The van der Waals surface area contributed by atoms with Gasteiger partial charge in [-0.1, -0.05) is 0 Å². The van der Waals surface area contributed by atoms with Crippen molar-refractivity contribution in [2.45, 2.75) is 38.3 Å². The number of nitrogens with zero attached hydrogens (tertiary/aromatic N) is 2. The monoisotopic (exact) mass is 261 g/mol. The first-order chi connectivity index (χ1) is 9.15. The summed E-state index contributed by atoms with van der Waals surface area (Å²) in [5, 5.41) is 14.3. The molecule has 102 valence electrons. The number of nitro groups is 1. The number of hydrogen-bond acceptors (Lipinski definition) is 4. The van der Waals surface area contributed by atoms with Crippen LogP contribution in [0.15, 0.2) is 18.2 Å². The SMILES string of the molecule is Cc1cc([N+](=O)[O-])ccc1NC1CCN2CCCC12. The number of aryl methyl sites for hydroxylation is 1. The number of hydrogen-bond donors (Lipinski definition) is 1. The lowest BCUT2D eigenvalue weighted by atomic mass is 10.1. The van der Waals surface area contributed by atoms with Crippen LogP contribution in [0.5, 0.6) is 0 Å². The summed E-state index contributed by atoms with van der Waals surface area (Å²) in [6.45, 7) is 4.33. The van der Waals surface area contributed by atoms with E-state index in [9.17, 15) is 10.1 Å². The molecular weight excluding hydrogens is 242 g/mol. The van der Waals surface area contributed by atoms with Gasteiger partial charge in [0.2, 0.25) is 0 Å². The zero-order valence-corrected chi connectivity index (χ0v) is 11.1.